The van der Waals surface area contributed by atoms with E-state index in [2.05, 4.69) is 6.92 Å². The van der Waals surface area contributed by atoms with Crippen molar-refractivity contribution in [3.05, 3.63) is 0 Å². The maximum atomic E-state index is 11.5. The monoisotopic (exact) mass is 298 g/mol. The van der Waals surface area contributed by atoms with E-state index >= 15 is 0 Å². The van der Waals surface area contributed by atoms with Gasteiger partial charge in [-0.1, -0.05) is 64.7 Å². The number of ether oxygens (including phenoxy) is 1. The van der Waals surface area contributed by atoms with Crippen molar-refractivity contribution in [1.29, 1.82) is 0 Å². The van der Waals surface area contributed by atoms with Gasteiger partial charge in [0.1, 0.15) is 6.29 Å². The van der Waals surface area contributed by atoms with E-state index in [0.717, 1.165) is 44.8 Å². The third kappa shape index (κ3) is 17.1. The van der Waals surface area contributed by atoms with Crippen LogP contribution in [0.25, 0.3) is 0 Å². The van der Waals surface area contributed by atoms with Gasteiger partial charge in [-0.25, -0.2) is 0 Å². The maximum absolute atomic E-state index is 11.5. The number of hydrogen-bond donors (Lipinski definition) is 0. The third-order valence-electron chi connectivity index (χ3n) is 3.71. The summed E-state index contributed by atoms with van der Waals surface area (Å²) in [7, 11) is 0. The molecule has 0 bridgehead atoms. The average Bonchev–Trinajstić information content (AvgIpc) is 2.49. The highest BCUT2D eigenvalue weighted by Gasteiger charge is 2.02. The smallest absolute Gasteiger partial charge is 0.305 e. The highest BCUT2D eigenvalue weighted by atomic mass is 16.5. The zero-order valence-corrected chi connectivity index (χ0v) is 13.9. The van der Waals surface area contributed by atoms with E-state index in [0.29, 0.717) is 19.4 Å². The lowest BCUT2D eigenvalue weighted by molar-refractivity contribution is -0.143. The van der Waals surface area contributed by atoms with Crippen molar-refractivity contribution in [3.8, 4) is 0 Å². The van der Waals surface area contributed by atoms with Crippen LogP contribution in [0.2, 0.25) is 0 Å². The Morgan fingerprint density at radius 1 is 0.810 bits per heavy atom. The Bertz CT molecular complexity index is 239. The van der Waals surface area contributed by atoms with Crippen molar-refractivity contribution in [2.75, 3.05) is 6.61 Å². The van der Waals surface area contributed by atoms with Crippen LogP contribution in [-0.4, -0.2) is 18.9 Å². The van der Waals surface area contributed by atoms with Gasteiger partial charge < -0.3 is 9.53 Å². The SMILES string of the molecule is CCCCCCCCCOC(=O)CCCCCCCC=O. The molecule has 0 rings (SSSR count). The van der Waals surface area contributed by atoms with Gasteiger partial charge >= 0.3 is 5.97 Å². The Kier molecular flexibility index (Phi) is 16.5. The lowest BCUT2D eigenvalue weighted by atomic mass is 10.1. The van der Waals surface area contributed by atoms with E-state index in [-0.39, 0.29) is 5.97 Å². The molecule has 21 heavy (non-hydrogen) atoms. The number of carbonyl (C=O) groups is 2. The molecule has 0 N–H and O–H groups in total. The summed E-state index contributed by atoms with van der Waals surface area (Å²) in [5.41, 5.74) is 0. The number of esters is 1. The first-order valence-electron chi connectivity index (χ1n) is 8.90. The normalized spacial score (nSPS) is 10.5. The van der Waals surface area contributed by atoms with Gasteiger partial charge in [0.25, 0.3) is 0 Å². The predicted octanol–water partition coefficient (Wildman–Crippen LogP) is 5.21. The molecule has 0 saturated carbocycles. The van der Waals surface area contributed by atoms with Crippen molar-refractivity contribution in [2.45, 2.75) is 96.8 Å². The fourth-order valence-corrected chi connectivity index (χ4v) is 2.34. The van der Waals surface area contributed by atoms with E-state index < -0.39 is 0 Å². The third-order valence-corrected chi connectivity index (χ3v) is 3.71. The second kappa shape index (κ2) is 17.2. The summed E-state index contributed by atoms with van der Waals surface area (Å²) in [5.74, 6) is -0.0473. The molecule has 0 heterocycles. The summed E-state index contributed by atoms with van der Waals surface area (Å²) < 4.78 is 5.23. The second-order valence-corrected chi connectivity index (χ2v) is 5.81. The van der Waals surface area contributed by atoms with E-state index in [9.17, 15) is 9.59 Å². The van der Waals surface area contributed by atoms with Crippen molar-refractivity contribution in [2.24, 2.45) is 0 Å². The van der Waals surface area contributed by atoms with E-state index in [1.165, 1.54) is 38.5 Å². The highest BCUT2D eigenvalue weighted by Crippen LogP contribution is 2.09. The van der Waals surface area contributed by atoms with Crippen LogP contribution in [0.1, 0.15) is 96.8 Å². The Hall–Kier alpha value is -0.860. The molecule has 0 radical (unpaired) electrons. The molecule has 124 valence electrons. The van der Waals surface area contributed by atoms with Gasteiger partial charge in [0.2, 0.25) is 0 Å². The molecule has 0 aliphatic carbocycles. The van der Waals surface area contributed by atoms with Gasteiger partial charge in [0.05, 0.1) is 6.61 Å². The standard InChI is InChI=1S/C18H34O3/c1-2-3-4-5-8-11-14-17-21-18(20)15-12-9-6-7-10-13-16-19/h16H,2-15,17H2,1H3. The van der Waals surface area contributed by atoms with Crippen LogP contribution in [-0.2, 0) is 14.3 Å². The number of aldehydes is 1. The fraction of sp³-hybridized carbons (Fsp3) is 0.889. The Labute approximate surface area is 130 Å². The van der Waals surface area contributed by atoms with Crippen LogP contribution < -0.4 is 0 Å². The molecular formula is C18H34O3. The minimum atomic E-state index is -0.0473. The van der Waals surface area contributed by atoms with Crippen LogP contribution in [0.15, 0.2) is 0 Å². The molecule has 0 aromatic heterocycles. The van der Waals surface area contributed by atoms with Crippen LogP contribution in [0.3, 0.4) is 0 Å². The van der Waals surface area contributed by atoms with Crippen LogP contribution >= 0.6 is 0 Å². The molecule has 0 aromatic carbocycles. The van der Waals surface area contributed by atoms with Gasteiger partial charge in [-0.15, -0.1) is 0 Å². The largest absolute Gasteiger partial charge is 0.466 e. The van der Waals surface area contributed by atoms with Gasteiger partial charge in [0.15, 0.2) is 0 Å². The molecule has 0 spiro atoms. The number of rotatable bonds is 16. The molecule has 0 aromatic rings. The summed E-state index contributed by atoms with van der Waals surface area (Å²) in [6.07, 6.45) is 16.1. The van der Waals surface area contributed by atoms with E-state index in [4.69, 9.17) is 4.74 Å². The van der Waals surface area contributed by atoms with E-state index in [1.54, 1.807) is 0 Å². The van der Waals surface area contributed by atoms with Crippen molar-refractivity contribution in [1.82, 2.24) is 0 Å². The van der Waals surface area contributed by atoms with Crippen LogP contribution in [0.5, 0.6) is 0 Å². The van der Waals surface area contributed by atoms with Crippen molar-refractivity contribution in [3.63, 3.8) is 0 Å². The molecule has 0 unspecified atom stereocenters. The fourth-order valence-electron chi connectivity index (χ4n) is 2.34. The zero-order valence-electron chi connectivity index (χ0n) is 13.9. The minimum absolute atomic E-state index is 0.0473. The zero-order chi connectivity index (χ0) is 15.6. The molecule has 3 heteroatoms. The minimum Gasteiger partial charge on any atom is -0.466 e. The van der Waals surface area contributed by atoms with Gasteiger partial charge in [0, 0.05) is 12.8 Å². The van der Waals surface area contributed by atoms with Crippen molar-refractivity contribution >= 4 is 12.3 Å². The summed E-state index contributed by atoms with van der Waals surface area (Å²) in [6, 6.07) is 0. The van der Waals surface area contributed by atoms with Crippen LogP contribution in [0.4, 0.5) is 0 Å². The summed E-state index contributed by atoms with van der Waals surface area (Å²) in [6.45, 7) is 2.82. The molecule has 0 aliphatic heterocycles. The number of hydrogen-bond acceptors (Lipinski definition) is 3. The second-order valence-electron chi connectivity index (χ2n) is 5.81. The number of unbranched alkanes of at least 4 members (excludes halogenated alkanes) is 11. The summed E-state index contributed by atoms with van der Waals surface area (Å²) >= 11 is 0. The molecule has 0 amide bonds. The number of carbonyl (C=O) groups excluding carboxylic acids is 2. The molecule has 3 nitrogen and oxygen atoms in total. The first-order chi connectivity index (χ1) is 10.3. The Balaban J connectivity index is 3.14. The van der Waals surface area contributed by atoms with Gasteiger partial charge in [-0.2, -0.15) is 0 Å². The first-order valence-corrected chi connectivity index (χ1v) is 8.90. The molecule has 0 saturated heterocycles. The van der Waals surface area contributed by atoms with Gasteiger partial charge in [-0.05, 0) is 19.3 Å². The molecule has 0 atom stereocenters. The average molecular weight is 298 g/mol. The highest BCUT2D eigenvalue weighted by molar-refractivity contribution is 5.69. The topological polar surface area (TPSA) is 43.4 Å². The van der Waals surface area contributed by atoms with Gasteiger partial charge in [-0.3, -0.25) is 4.79 Å². The summed E-state index contributed by atoms with van der Waals surface area (Å²) in [4.78, 5) is 21.6. The maximum Gasteiger partial charge on any atom is 0.305 e. The molecular weight excluding hydrogens is 264 g/mol. The lowest BCUT2D eigenvalue weighted by Crippen LogP contribution is -2.05. The summed E-state index contributed by atoms with van der Waals surface area (Å²) in [5, 5.41) is 0. The van der Waals surface area contributed by atoms with Crippen molar-refractivity contribution < 1.29 is 14.3 Å². The Morgan fingerprint density at radius 2 is 1.38 bits per heavy atom. The first kappa shape index (κ1) is 20.1. The molecule has 0 aliphatic rings. The molecule has 0 fully saturated rings. The quantitative estimate of drug-likeness (QED) is 0.223. The Morgan fingerprint density at radius 3 is 2.05 bits per heavy atom. The predicted molar refractivity (Wildman–Crippen MR) is 87.3 cm³/mol. The van der Waals surface area contributed by atoms with Crippen LogP contribution in [0, 0.1) is 0 Å². The lowest BCUT2D eigenvalue weighted by Gasteiger charge is -2.05. The van der Waals surface area contributed by atoms with E-state index in [1.807, 2.05) is 0 Å².